The van der Waals surface area contributed by atoms with Gasteiger partial charge in [0.1, 0.15) is 6.54 Å². The first-order chi connectivity index (χ1) is 11.5. The molecule has 1 aromatic carbocycles. The van der Waals surface area contributed by atoms with Crippen molar-refractivity contribution in [2.75, 3.05) is 18.4 Å². The summed E-state index contributed by atoms with van der Waals surface area (Å²) < 4.78 is 0.744. The van der Waals surface area contributed by atoms with E-state index >= 15 is 0 Å². The van der Waals surface area contributed by atoms with Crippen molar-refractivity contribution < 1.29 is 14.5 Å². The molecule has 1 amide bonds. The van der Waals surface area contributed by atoms with Gasteiger partial charge >= 0.3 is 0 Å². The van der Waals surface area contributed by atoms with Crippen LogP contribution in [-0.4, -0.2) is 24.8 Å². The third-order valence-electron chi connectivity index (χ3n) is 3.45. The van der Waals surface area contributed by atoms with E-state index in [4.69, 9.17) is 11.6 Å². The molecule has 2 aromatic rings. The van der Waals surface area contributed by atoms with E-state index in [0.29, 0.717) is 30.9 Å². The van der Waals surface area contributed by atoms with E-state index in [1.165, 1.54) is 18.3 Å². The maximum atomic E-state index is 12.3. The number of ketones is 1. The SMILES string of the molecule is C=CC[NH+](CC(=O)Nc1cccc(C(C)=O)c1)Cc1ccc(Cl)s1. The van der Waals surface area contributed by atoms with Crippen molar-refractivity contribution in [1.29, 1.82) is 0 Å². The topological polar surface area (TPSA) is 50.6 Å². The number of nitrogens with one attached hydrogen (secondary N) is 2. The summed E-state index contributed by atoms with van der Waals surface area (Å²) in [6, 6.07) is 10.8. The maximum Gasteiger partial charge on any atom is 0.279 e. The number of benzene rings is 1. The van der Waals surface area contributed by atoms with Gasteiger partial charge in [-0.15, -0.1) is 11.3 Å². The fraction of sp³-hybridized carbons (Fsp3) is 0.222. The molecule has 0 spiro atoms. The lowest BCUT2D eigenvalue weighted by molar-refractivity contribution is -0.899. The van der Waals surface area contributed by atoms with Crippen molar-refractivity contribution >= 4 is 40.3 Å². The smallest absolute Gasteiger partial charge is 0.279 e. The number of quaternary nitrogens is 1. The van der Waals surface area contributed by atoms with Gasteiger partial charge in [-0.05, 0) is 37.3 Å². The van der Waals surface area contributed by atoms with E-state index in [9.17, 15) is 9.59 Å². The van der Waals surface area contributed by atoms with Crippen LogP contribution in [0.3, 0.4) is 0 Å². The van der Waals surface area contributed by atoms with Gasteiger partial charge in [0.25, 0.3) is 5.91 Å². The predicted octanol–water partition coefficient (Wildman–Crippen LogP) is 2.81. The second-order valence-electron chi connectivity index (χ2n) is 5.49. The van der Waals surface area contributed by atoms with Gasteiger partial charge in [0.15, 0.2) is 12.3 Å². The van der Waals surface area contributed by atoms with Gasteiger partial charge in [0.2, 0.25) is 0 Å². The summed E-state index contributed by atoms with van der Waals surface area (Å²) in [5, 5.41) is 2.85. The molecule has 126 valence electrons. The molecule has 4 nitrogen and oxygen atoms in total. The Balaban J connectivity index is 1.98. The summed E-state index contributed by atoms with van der Waals surface area (Å²) in [6.07, 6.45) is 1.80. The number of amides is 1. The Hall–Kier alpha value is -1.95. The third-order valence-corrected chi connectivity index (χ3v) is 4.68. The molecule has 1 unspecified atom stereocenters. The fourth-order valence-corrected chi connectivity index (χ4v) is 3.51. The summed E-state index contributed by atoms with van der Waals surface area (Å²) in [6.45, 7) is 6.96. The van der Waals surface area contributed by atoms with Crippen molar-refractivity contribution in [2.24, 2.45) is 0 Å². The highest BCUT2D eigenvalue weighted by atomic mass is 35.5. The Kier molecular flexibility index (Phi) is 6.73. The van der Waals surface area contributed by atoms with E-state index in [1.54, 1.807) is 30.3 Å². The monoisotopic (exact) mass is 363 g/mol. The summed E-state index contributed by atoms with van der Waals surface area (Å²) >= 11 is 7.48. The molecule has 24 heavy (non-hydrogen) atoms. The number of hydrogen-bond donors (Lipinski definition) is 2. The van der Waals surface area contributed by atoms with Crippen LogP contribution in [-0.2, 0) is 11.3 Å². The largest absolute Gasteiger partial charge is 0.321 e. The minimum atomic E-state index is -0.102. The van der Waals surface area contributed by atoms with Gasteiger partial charge in [0.05, 0.1) is 15.8 Å². The number of carbonyl (C=O) groups excluding carboxylic acids is 2. The minimum absolute atomic E-state index is 0.0282. The van der Waals surface area contributed by atoms with Crippen LogP contribution in [0, 0.1) is 0 Å². The van der Waals surface area contributed by atoms with Crippen molar-refractivity contribution in [1.82, 2.24) is 0 Å². The van der Waals surface area contributed by atoms with Crippen molar-refractivity contribution in [3.63, 3.8) is 0 Å². The van der Waals surface area contributed by atoms with Gasteiger partial charge in [-0.2, -0.15) is 0 Å². The number of Topliss-reactive ketones (excluding diaryl/α,β-unsaturated/α-hetero) is 1. The second-order valence-corrected chi connectivity index (χ2v) is 7.29. The fourth-order valence-electron chi connectivity index (χ4n) is 2.35. The minimum Gasteiger partial charge on any atom is -0.321 e. The van der Waals surface area contributed by atoms with Crippen LogP contribution < -0.4 is 10.2 Å². The van der Waals surface area contributed by atoms with E-state index in [0.717, 1.165) is 14.1 Å². The quantitative estimate of drug-likeness (QED) is 0.559. The second kappa shape index (κ2) is 8.78. The normalized spacial score (nSPS) is 11.8. The van der Waals surface area contributed by atoms with Gasteiger partial charge in [-0.1, -0.05) is 30.3 Å². The zero-order valence-electron chi connectivity index (χ0n) is 13.5. The van der Waals surface area contributed by atoms with E-state index in [1.807, 2.05) is 12.1 Å². The molecule has 0 bridgehead atoms. The molecular weight excluding hydrogens is 344 g/mol. The summed E-state index contributed by atoms with van der Waals surface area (Å²) in [5.41, 5.74) is 1.21. The predicted molar refractivity (Wildman–Crippen MR) is 99.0 cm³/mol. The van der Waals surface area contributed by atoms with Crippen LogP contribution in [0.2, 0.25) is 4.34 Å². The number of rotatable bonds is 8. The van der Waals surface area contributed by atoms with Gasteiger partial charge in [0, 0.05) is 11.3 Å². The number of anilines is 1. The van der Waals surface area contributed by atoms with Crippen LogP contribution in [0.25, 0.3) is 0 Å². The zero-order chi connectivity index (χ0) is 17.5. The molecule has 0 saturated carbocycles. The summed E-state index contributed by atoms with van der Waals surface area (Å²) in [5.74, 6) is -0.130. The van der Waals surface area contributed by atoms with Crippen molar-refractivity contribution in [3.05, 3.63) is 63.8 Å². The zero-order valence-corrected chi connectivity index (χ0v) is 15.0. The first-order valence-electron chi connectivity index (χ1n) is 7.57. The van der Waals surface area contributed by atoms with Crippen LogP contribution >= 0.6 is 22.9 Å². The van der Waals surface area contributed by atoms with Gasteiger partial charge in [-0.25, -0.2) is 0 Å². The summed E-state index contributed by atoms with van der Waals surface area (Å²) in [4.78, 5) is 25.9. The lowest BCUT2D eigenvalue weighted by Crippen LogP contribution is -3.11. The molecule has 0 aliphatic heterocycles. The highest BCUT2D eigenvalue weighted by Gasteiger charge is 2.15. The van der Waals surface area contributed by atoms with Crippen LogP contribution in [0.15, 0.2) is 49.1 Å². The molecule has 1 aromatic heterocycles. The average molecular weight is 364 g/mol. The van der Waals surface area contributed by atoms with Gasteiger partial charge < -0.3 is 10.2 Å². The lowest BCUT2D eigenvalue weighted by atomic mass is 10.1. The number of halogens is 1. The third kappa shape index (κ3) is 5.60. The molecule has 1 heterocycles. The number of thiophene rings is 1. The van der Waals surface area contributed by atoms with Crippen LogP contribution in [0.1, 0.15) is 22.2 Å². The first kappa shape index (κ1) is 18.4. The lowest BCUT2D eigenvalue weighted by Gasteiger charge is -2.16. The average Bonchev–Trinajstić information content (AvgIpc) is 2.92. The van der Waals surface area contributed by atoms with E-state index in [2.05, 4.69) is 11.9 Å². The molecule has 0 radical (unpaired) electrons. The Bertz CT molecular complexity index is 742. The van der Waals surface area contributed by atoms with Crippen molar-refractivity contribution in [3.8, 4) is 0 Å². The standard InChI is InChI=1S/C18H19ClN2O2S/c1-3-9-21(11-16-7-8-17(19)24-16)12-18(23)20-15-6-4-5-14(10-15)13(2)22/h3-8,10H,1,9,11-12H2,2H3,(H,20,23)/p+1. The number of carbonyl (C=O) groups is 2. The molecule has 2 rings (SSSR count). The molecule has 0 aliphatic carbocycles. The van der Waals surface area contributed by atoms with E-state index in [-0.39, 0.29) is 11.7 Å². The van der Waals surface area contributed by atoms with Crippen LogP contribution in [0.4, 0.5) is 5.69 Å². The highest BCUT2D eigenvalue weighted by molar-refractivity contribution is 7.16. The molecule has 1 atom stereocenters. The molecule has 2 N–H and O–H groups in total. The molecule has 0 aliphatic rings. The Morgan fingerprint density at radius 2 is 2.12 bits per heavy atom. The molecular formula is C18H20ClN2O2S+. The molecule has 0 fully saturated rings. The first-order valence-corrected chi connectivity index (χ1v) is 8.77. The summed E-state index contributed by atoms with van der Waals surface area (Å²) in [7, 11) is 0. The van der Waals surface area contributed by atoms with Crippen molar-refractivity contribution in [2.45, 2.75) is 13.5 Å². The Labute approximate surface area is 150 Å². The highest BCUT2D eigenvalue weighted by Crippen LogP contribution is 2.20. The Morgan fingerprint density at radius 1 is 1.33 bits per heavy atom. The molecule has 6 heteroatoms. The van der Waals surface area contributed by atoms with Crippen LogP contribution in [0.5, 0.6) is 0 Å². The maximum absolute atomic E-state index is 12.3. The van der Waals surface area contributed by atoms with Gasteiger partial charge in [-0.3, -0.25) is 9.59 Å². The Morgan fingerprint density at radius 3 is 2.75 bits per heavy atom. The number of hydrogen-bond acceptors (Lipinski definition) is 3. The molecule has 0 saturated heterocycles. The van der Waals surface area contributed by atoms with E-state index < -0.39 is 0 Å².